The van der Waals surface area contributed by atoms with Crippen LogP contribution in [0.25, 0.3) is 0 Å². The maximum Gasteiger partial charge on any atom is 0.320 e. The number of carboxylic acid groups (broad SMARTS) is 1. The third-order valence-electron chi connectivity index (χ3n) is 5.25. The lowest BCUT2D eigenvalue weighted by Gasteiger charge is -2.19. The Morgan fingerprint density at radius 2 is 2.32 bits per heavy atom. The molecule has 3 aliphatic rings. The molecule has 3 aliphatic heterocycles. The number of carboxylic acids is 1. The van der Waals surface area contributed by atoms with E-state index in [1.807, 2.05) is 15.8 Å². The molecule has 22 heavy (non-hydrogen) atoms. The fraction of sp³-hybridized carbons (Fsp3) is 0.800. The topological polar surface area (TPSA) is 80.5 Å². The molecule has 3 saturated heterocycles. The van der Waals surface area contributed by atoms with E-state index in [0.29, 0.717) is 24.7 Å². The number of aliphatic carboxylic acids is 1. The Morgan fingerprint density at radius 1 is 1.41 bits per heavy atom. The molecule has 7 nitrogen and oxygen atoms in total. The number of nitrogens with zero attached hydrogens (tertiary/aromatic N) is 4. The van der Waals surface area contributed by atoms with E-state index in [9.17, 15) is 9.90 Å². The standard InChI is InChI=1S/C15H22N4O3/c20-15(21)13-2-1-5-18(13)8-11-9-19(17-16-11)7-10-6-12-3-4-14(10)22-12/h9-10,12-14H,1-8H2,(H,20,21). The van der Waals surface area contributed by atoms with Crippen molar-refractivity contribution in [1.82, 2.24) is 19.9 Å². The lowest BCUT2D eigenvalue weighted by atomic mass is 9.89. The van der Waals surface area contributed by atoms with Crippen LogP contribution in [0, 0.1) is 5.92 Å². The molecule has 1 N–H and O–H groups in total. The lowest BCUT2D eigenvalue weighted by molar-refractivity contribution is -0.142. The van der Waals surface area contributed by atoms with Crippen LogP contribution < -0.4 is 0 Å². The van der Waals surface area contributed by atoms with Crippen LogP contribution in [0.3, 0.4) is 0 Å². The van der Waals surface area contributed by atoms with Crippen molar-refractivity contribution >= 4 is 5.97 Å². The third-order valence-corrected chi connectivity index (χ3v) is 5.25. The Morgan fingerprint density at radius 3 is 3.05 bits per heavy atom. The van der Waals surface area contributed by atoms with E-state index in [1.54, 1.807) is 0 Å². The van der Waals surface area contributed by atoms with Crippen molar-refractivity contribution in [2.75, 3.05) is 6.54 Å². The van der Waals surface area contributed by atoms with Crippen molar-refractivity contribution < 1.29 is 14.6 Å². The molecular weight excluding hydrogens is 284 g/mol. The maximum absolute atomic E-state index is 11.2. The van der Waals surface area contributed by atoms with Crippen molar-refractivity contribution in [3.05, 3.63) is 11.9 Å². The van der Waals surface area contributed by atoms with Gasteiger partial charge in [0.25, 0.3) is 0 Å². The monoisotopic (exact) mass is 306 g/mol. The summed E-state index contributed by atoms with van der Waals surface area (Å²) < 4.78 is 7.78. The third kappa shape index (κ3) is 2.63. The second kappa shape index (κ2) is 5.62. The summed E-state index contributed by atoms with van der Waals surface area (Å²) in [6.07, 6.45) is 7.99. The second-order valence-corrected chi connectivity index (χ2v) is 6.77. The molecule has 0 radical (unpaired) electrons. The zero-order valence-electron chi connectivity index (χ0n) is 12.6. The first-order valence-corrected chi connectivity index (χ1v) is 8.20. The van der Waals surface area contributed by atoms with Gasteiger partial charge in [0, 0.05) is 25.2 Å². The van der Waals surface area contributed by atoms with Gasteiger partial charge in [0.1, 0.15) is 6.04 Å². The Labute approximate surface area is 129 Å². The number of fused-ring (bicyclic) bond motifs is 2. The van der Waals surface area contributed by atoms with Crippen molar-refractivity contribution in [1.29, 1.82) is 0 Å². The van der Waals surface area contributed by atoms with Crippen molar-refractivity contribution in [2.24, 2.45) is 5.92 Å². The molecule has 120 valence electrons. The van der Waals surface area contributed by atoms with E-state index in [0.717, 1.165) is 38.0 Å². The summed E-state index contributed by atoms with van der Waals surface area (Å²) in [5.41, 5.74) is 0.859. The highest BCUT2D eigenvalue weighted by Crippen LogP contribution is 2.39. The van der Waals surface area contributed by atoms with Gasteiger partial charge in [0.05, 0.1) is 17.9 Å². The minimum absolute atomic E-state index is 0.371. The molecule has 0 spiro atoms. The molecule has 4 unspecified atom stereocenters. The number of likely N-dealkylation sites (tertiary alicyclic amines) is 1. The van der Waals surface area contributed by atoms with Gasteiger partial charge in [0.2, 0.25) is 0 Å². The number of hydrogen-bond donors (Lipinski definition) is 1. The van der Waals surface area contributed by atoms with Crippen LogP contribution in [0.4, 0.5) is 0 Å². The van der Waals surface area contributed by atoms with Crippen LogP contribution in [0.5, 0.6) is 0 Å². The first-order valence-electron chi connectivity index (χ1n) is 8.20. The number of ether oxygens (including phenoxy) is 1. The smallest absolute Gasteiger partial charge is 0.320 e. The highest BCUT2D eigenvalue weighted by molar-refractivity contribution is 5.73. The predicted octanol–water partition coefficient (Wildman–Crippen LogP) is 0.895. The molecule has 4 rings (SSSR count). The van der Waals surface area contributed by atoms with Crippen molar-refractivity contribution in [3.63, 3.8) is 0 Å². The first-order chi connectivity index (χ1) is 10.7. The van der Waals surface area contributed by atoms with Crippen LogP contribution in [0.2, 0.25) is 0 Å². The number of aromatic nitrogens is 3. The van der Waals surface area contributed by atoms with E-state index < -0.39 is 5.97 Å². The number of rotatable bonds is 5. The van der Waals surface area contributed by atoms with Gasteiger partial charge in [-0.1, -0.05) is 5.21 Å². The summed E-state index contributed by atoms with van der Waals surface area (Å²) in [7, 11) is 0. The molecule has 1 aromatic rings. The van der Waals surface area contributed by atoms with Gasteiger partial charge < -0.3 is 9.84 Å². The van der Waals surface area contributed by atoms with Gasteiger partial charge in [-0.05, 0) is 38.6 Å². The lowest BCUT2D eigenvalue weighted by Crippen LogP contribution is -2.35. The Balaban J connectivity index is 1.36. The molecule has 1 aromatic heterocycles. The molecule has 0 amide bonds. The molecule has 4 heterocycles. The maximum atomic E-state index is 11.2. The van der Waals surface area contributed by atoms with Crippen LogP contribution in [-0.4, -0.2) is 55.8 Å². The van der Waals surface area contributed by atoms with E-state index in [-0.39, 0.29) is 6.04 Å². The summed E-state index contributed by atoms with van der Waals surface area (Å²) in [4.78, 5) is 13.2. The summed E-state index contributed by atoms with van der Waals surface area (Å²) in [5, 5.41) is 17.6. The Hall–Kier alpha value is -1.47. The first kappa shape index (κ1) is 14.1. The largest absolute Gasteiger partial charge is 0.480 e. The van der Waals surface area contributed by atoms with Crippen LogP contribution in [0.1, 0.15) is 37.8 Å². The van der Waals surface area contributed by atoms with Gasteiger partial charge in [-0.3, -0.25) is 14.4 Å². The van der Waals surface area contributed by atoms with Gasteiger partial charge in [-0.15, -0.1) is 5.10 Å². The number of carbonyl (C=O) groups is 1. The molecule has 0 aliphatic carbocycles. The number of hydrogen-bond acceptors (Lipinski definition) is 5. The van der Waals surface area contributed by atoms with E-state index in [4.69, 9.17) is 4.74 Å². The molecular formula is C15H22N4O3. The average molecular weight is 306 g/mol. The molecule has 0 saturated carbocycles. The zero-order valence-corrected chi connectivity index (χ0v) is 12.6. The van der Waals surface area contributed by atoms with Gasteiger partial charge in [-0.25, -0.2) is 0 Å². The average Bonchev–Trinajstić information content (AvgIpc) is 3.23. The molecule has 4 atom stereocenters. The van der Waals surface area contributed by atoms with Crippen molar-refractivity contribution in [2.45, 2.75) is 63.4 Å². The van der Waals surface area contributed by atoms with E-state index >= 15 is 0 Å². The molecule has 3 fully saturated rings. The summed E-state index contributed by atoms with van der Waals surface area (Å²) >= 11 is 0. The van der Waals surface area contributed by atoms with Gasteiger partial charge in [-0.2, -0.15) is 0 Å². The molecule has 0 aromatic carbocycles. The molecule has 2 bridgehead atoms. The predicted molar refractivity (Wildman–Crippen MR) is 77.1 cm³/mol. The highest BCUT2D eigenvalue weighted by Gasteiger charge is 2.40. The SMILES string of the molecule is O=C(O)C1CCCN1Cc1cn(CC2CC3CCC2O3)nn1. The fourth-order valence-corrected chi connectivity index (χ4v) is 4.18. The Bertz CT molecular complexity index is 561. The van der Waals surface area contributed by atoms with Crippen molar-refractivity contribution in [3.8, 4) is 0 Å². The highest BCUT2D eigenvalue weighted by atomic mass is 16.5. The van der Waals surface area contributed by atoms with Crippen LogP contribution in [0.15, 0.2) is 6.20 Å². The zero-order chi connectivity index (χ0) is 15.1. The van der Waals surface area contributed by atoms with E-state index in [1.165, 1.54) is 12.8 Å². The fourth-order valence-electron chi connectivity index (χ4n) is 4.18. The van der Waals surface area contributed by atoms with Gasteiger partial charge in [0.15, 0.2) is 0 Å². The Kier molecular flexibility index (Phi) is 3.62. The normalized spacial score (nSPS) is 34.5. The minimum atomic E-state index is -0.732. The van der Waals surface area contributed by atoms with Gasteiger partial charge >= 0.3 is 5.97 Å². The van der Waals surface area contributed by atoms with Crippen LogP contribution in [-0.2, 0) is 22.6 Å². The summed E-state index contributed by atoms with van der Waals surface area (Å²) in [6.45, 7) is 2.25. The second-order valence-electron chi connectivity index (χ2n) is 6.77. The van der Waals surface area contributed by atoms with Crippen LogP contribution >= 0.6 is 0 Å². The quantitative estimate of drug-likeness (QED) is 0.870. The summed E-state index contributed by atoms with van der Waals surface area (Å²) in [5.74, 6) is -0.184. The molecule has 7 heteroatoms. The summed E-state index contributed by atoms with van der Waals surface area (Å²) in [6, 6.07) is -0.371. The van der Waals surface area contributed by atoms with E-state index in [2.05, 4.69) is 10.3 Å². The minimum Gasteiger partial charge on any atom is -0.480 e.